The normalized spacial score (nSPS) is 14.8. The third kappa shape index (κ3) is 8.17. The van der Waals surface area contributed by atoms with Crippen LogP contribution >= 0.6 is 15.9 Å². The molecule has 4 rings (SSSR count). The number of hydrogen-bond donors (Lipinski definition) is 1. The van der Waals surface area contributed by atoms with Crippen LogP contribution in [-0.4, -0.2) is 50.0 Å². The molecular formula is C31H36BrN3O4S. The van der Waals surface area contributed by atoms with Crippen LogP contribution in [0.25, 0.3) is 0 Å². The van der Waals surface area contributed by atoms with Gasteiger partial charge in [0.1, 0.15) is 12.6 Å². The van der Waals surface area contributed by atoms with E-state index in [0.29, 0.717) is 16.6 Å². The summed E-state index contributed by atoms with van der Waals surface area (Å²) in [7, 11) is -3.81. The monoisotopic (exact) mass is 625 g/mol. The van der Waals surface area contributed by atoms with Gasteiger partial charge in [0.2, 0.25) is 21.8 Å². The van der Waals surface area contributed by atoms with E-state index in [1.165, 1.54) is 4.90 Å². The smallest absolute Gasteiger partial charge is 0.244 e. The number of rotatable bonds is 11. The first kappa shape index (κ1) is 29.8. The molecule has 1 aliphatic carbocycles. The highest BCUT2D eigenvalue weighted by molar-refractivity contribution is 9.10. The molecule has 0 spiro atoms. The average molecular weight is 627 g/mol. The number of hydrogen-bond acceptors (Lipinski definition) is 4. The summed E-state index contributed by atoms with van der Waals surface area (Å²) in [6.45, 7) is -0.265. The number of nitrogens with one attached hydrogen (secondary N) is 1. The Hall–Kier alpha value is -3.17. The lowest BCUT2D eigenvalue weighted by Crippen LogP contribution is -2.55. The van der Waals surface area contributed by atoms with Crippen molar-refractivity contribution in [3.63, 3.8) is 0 Å². The van der Waals surface area contributed by atoms with Crippen LogP contribution in [0.1, 0.15) is 43.2 Å². The van der Waals surface area contributed by atoms with Crippen LogP contribution in [0.5, 0.6) is 0 Å². The maximum atomic E-state index is 14.1. The predicted molar refractivity (Wildman–Crippen MR) is 162 cm³/mol. The number of amides is 2. The van der Waals surface area contributed by atoms with Gasteiger partial charge in [-0.15, -0.1) is 0 Å². The third-order valence-corrected chi connectivity index (χ3v) is 9.02. The molecule has 1 saturated carbocycles. The van der Waals surface area contributed by atoms with E-state index in [0.717, 1.165) is 53.8 Å². The van der Waals surface area contributed by atoms with Gasteiger partial charge < -0.3 is 10.2 Å². The summed E-state index contributed by atoms with van der Waals surface area (Å²) in [6.07, 6.45) is 6.52. The van der Waals surface area contributed by atoms with Crippen molar-refractivity contribution < 1.29 is 18.0 Å². The molecule has 2 amide bonds. The second kappa shape index (κ2) is 13.9. The standard InChI is InChI=1S/C31H36BrN3O4S/c1-40(38,39)35(28-20-12-11-19-27(28)32)23-30(36)34(22-25-15-7-3-8-16-25)29(21-24-13-5-2-6-14-24)31(37)33-26-17-9-4-10-18-26/h2-3,5-8,11-16,19-20,26,29H,4,9-10,17-18,21-23H2,1H3,(H,33,37)/t29-/m1/s1. The van der Waals surface area contributed by atoms with Gasteiger partial charge in [-0.2, -0.15) is 0 Å². The topological polar surface area (TPSA) is 86.8 Å². The second-order valence-corrected chi connectivity index (χ2v) is 13.0. The Morgan fingerprint density at radius 1 is 0.875 bits per heavy atom. The molecule has 7 nitrogen and oxygen atoms in total. The number of carbonyl (C=O) groups excluding carboxylic acids is 2. The lowest BCUT2D eigenvalue weighted by molar-refractivity contribution is -0.140. The molecule has 1 N–H and O–H groups in total. The van der Waals surface area contributed by atoms with Gasteiger partial charge in [0.25, 0.3) is 0 Å². The quantitative estimate of drug-likeness (QED) is 0.313. The van der Waals surface area contributed by atoms with Gasteiger partial charge in [0, 0.05) is 23.5 Å². The summed E-state index contributed by atoms with van der Waals surface area (Å²) in [6, 6.07) is 25.2. The predicted octanol–water partition coefficient (Wildman–Crippen LogP) is 5.30. The largest absolute Gasteiger partial charge is 0.352 e. The van der Waals surface area contributed by atoms with Crippen LogP contribution in [-0.2, 0) is 32.6 Å². The number of halogens is 1. The van der Waals surface area contributed by atoms with Gasteiger partial charge in [0.05, 0.1) is 11.9 Å². The summed E-state index contributed by atoms with van der Waals surface area (Å²) >= 11 is 3.43. The van der Waals surface area contributed by atoms with E-state index >= 15 is 0 Å². The summed E-state index contributed by atoms with van der Waals surface area (Å²) in [5, 5.41) is 3.21. The fraction of sp³-hybridized carbons (Fsp3) is 0.355. The van der Waals surface area contributed by atoms with Crippen molar-refractivity contribution in [2.75, 3.05) is 17.1 Å². The van der Waals surface area contributed by atoms with Crippen LogP contribution in [0.3, 0.4) is 0 Å². The number of sulfonamides is 1. The molecule has 0 heterocycles. The molecule has 1 atom stereocenters. The van der Waals surface area contributed by atoms with Crippen molar-refractivity contribution in [3.8, 4) is 0 Å². The van der Waals surface area contributed by atoms with Gasteiger partial charge >= 0.3 is 0 Å². The Morgan fingerprint density at radius 2 is 1.45 bits per heavy atom. The zero-order chi connectivity index (χ0) is 28.5. The van der Waals surface area contributed by atoms with E-state index in [2.05, 4.69) is 21.2 Å². The molecule has 9 heteroatoms. The van der Waals surface area contributed by atoms with Crippen molar-refractivity contribution in [3.05, 3.63) is 101 Å². The van der Waals surface area contributed by atoms with E-state index < -0.39 is 28.5 Å². The van der Waals surface area contributed by atoms with Crippen LogP contribution < -0.4 is 9.62 Å². The van der Waals surface area contributed by atoms with Gasteiger partial charge in [-0.05, 0) is 52.0 Å². The van der Waals surface area contributed by atoms with Crippen molar-refractivity contribution >= 4 is 43.5 Å². The van der Waals surface area contributed by atoms with Gasteiger partial charge in [-0.3, -0.25) is 13.9 Å². The number of carbonyl (C=O) groups is 2. The molecule has 0 saturated heterocycles. The molecule has 3 aromatic carbocycles. The summed E-state index contributed by atoms with van der Waals surface area (Å²) in [5.41, 5.74) is 2.14. The Morgan fingerprint density at radius 3 is 2.05 bits per heavy atom. The Labute approximate surface area is 245 Å². The highest BCUT2D eigenvalue weighted by atomic mass is 79.9. The first-order chi connectivity index (χ1) is 19.2. The first-order valence-electron chi connectivity index (χ1n) is 13.6. The number of nitrogens with zero attached hydrogens (tertiary/aromatic N) is 2. The van der Waals surface area contributed by atoms with Crippen molar-refractivity contribution in [2.24, 2.45) is 0 Å². The molecule has 0 bridgehead atoms. The molecule has 0 radical (unpaired) electrons. The SMILES string of the molecule is CS(=O)(=O)N(CC(=O)N(Cc1ccccc1)[C@H](Cc1ccccc1)C(=O)NC1CCCCC1)c1ccccc1Br. The number of para-hydroxylation sites is 1. The molecule has 0 aromatic heterocycles. The minimum absolute atomic E-state index is 0.0704. The molecular weight excluding hydrogens is 590 g/mol. The Kier molecular flexibility index (Phi) is 10.4. The molecule has 0 aliphatic heterocycles. The van der Waals surface area contributed by atoms with Crippen molar-refractivity contribution in [2.45, 2.75) is 57.2 Å². The minimum atomic E-state index is -3.81. The molecule has 40 heavy (non-hydrogen) atoms. The first-order valence-corrected chi connectivity index (χ1v) is 16.3. The minimum Gasteiger partial charge on any atom is -0.352 e. The third-order valence-electron chi connectivity index (χ3n) is 7.22. The van der Waals surface area contributed by atoms with E-state index in [-0.39, 0.29) is 18.5 Å². The fourth-order valence-corrected chi connectivity index (χ4v) is 6.60. The molecule has 3 aromatic rings. The van der Waals surface area contributed by atoms with Crippen molar-refractivity contribution in [1.29, 1.82) is 0 Å². The van der Waals surface area contributed by atoms with Crippen LogP contribution in [0.15, 0.2) is 89.4 Å². The fourth-order valence-electron chi connectivity index (χ4n) is 5.13. The van der Waals surface area contributed by atoms with Crippen LogP contribution in [0.2, 0.25) is 0 Å². The molecule has 212 valence electrons. The number of anilines is 1. The van der Waals surface area contributed by atoms with Crippen molar-refractivity contribution in [1.82, 2.24) is 10.2 Å². The highest BCUT2D eigenvalue weighted by Gasteiger charge is 2.34. The number of benzene rings is 3. The highest BCUT2D eigenvalue weighted by Crippen LogP contribution is 2.28. The maximum absolute atomic E-state index is 14.1. The zero-order valence-corrected chi connectivity index (χ0v) is 25.1. The van der Waals surface area contributed by atoms with Gasteiger partial charge in [0.15, 0.2) is 0 Å². The molecule has 1 aliphatic rings. The summed E-state index contributed by atoms with van der Waals surface area (Å²) < 4.78 is 27.5. The Balaban J connectivity index is 1.71. The maximum Gasteiger partial charge on any atom is 0.244 e. The van der Waals surface area contributed by atoms with Gasteiger partial charge in [-0.25, -0.2) is 8.42 Å². The second-order valence-electron chi connectivity index (χ2n) is 10.3. The summed E-state index contributed by atoms with van der Waals surface area (Å²) in [4.78, 5) is 29.6. The lowest BCUT2D eigenvalue weighted by atomic mass is 9.94. The molecule has 0 unspecified atom stereocenters. The molecule has 1 fully saturated rings. The van der Waals surface area contributed by atoms with Gasteiger partial charge in [-0.1, -0.05) is 92.1 Å². The van der Waals surface area contributed by atoms with Crippen LogP contribution in [0, 0.1) is 0 Å². The Bertz CT molecular complexity index is 1380. The average Bonchev–Trinajstić information content (AvgIpc) is 2.95. The zero-order valence-electron chi connectivity index (χ0n) is 22.7. The van der Waals surface area contributed by atoms with E-state index in [4.69, 9.17) is 0 Å². The lowest BCUT2D eigenvalue weighted by Gasteiger charge is -2.35. The van der Waals surface area contributed by atoms with E-state index in [9.17, 15) is 18.0 Å². The summed E-state index contributed by atoms with van der Waals surface area (Å²) in [5.74, 6) is -0.670. The van der Waals surface area contributed by atoms with E-state index in [1.807, 2.05) is 60.7 Å². The van der Waals surface area contributed by atoms with E-state index in [1.54, 1.807) is 24.3 Å². The van der Waals surface area contributed by atoms with Crippen LogP contribution in [0.4, 0.5) is 5.69 Å².